The van der Waals surface area contributed by atoms with Crippen LogP contribution >= 0.6 is 11.5 Å². The number of aryl methyl sites for hydroxylation is 1. The summed E-state index contributed by atoms with van der Waals surface area (Å²) in [5, 5.41) is 1.42. The van der Waals surface area contributed by atoms with Crippen molar-refractivity contribution in [3.63, 3.8) is 0 Å². The molecule has 0 amide bonds. The molecule has 2 heterocycles. The number of ether oxygens (including phenoxy) is 1. The number of rotatable bonds is 3. The van der Waals surface area contributed by atoms with Gasteiger partial charge in [0.25, 0.3) is 5.19 Å². The Kier molecular flexibility index (Phi) is 2.78. The van der Waals surface area contributed by atoms with E-state index in [1.54, 1.807) is 6.07 Å². The second-order valence-corrected chi connectivity index (χ2v) is 5.92. The molecule has 0 bridgehead atoms. The van der Waals surface area contributed by atoms with Gasteiger partial charge in [0.05, 0.1) is 0 Å². The maximum atomic E-state index is 11.4. The van der Waals surface area contributed by atoms with Crippen molar-refractivity contribution < 1.29 is 9.15 Å². The number of aromatic nitrogens is 2. The van der Waals surface area contributed by atoms with E-state index in [4.69, 9.17) is 9.15 Å². The van der Waals surface area contributed by atoms with E-state index in [1.807, 2.05) is 19.1 Å². The van der Waals surface area contributed by atoms with E-state index >= 15 is 0 Å². The van der Waals surface area contributed by atoms with Gasteiger partial charge in [-0.05, 0) is 37.5 Å². The van der Waals surface area contributed by atoms with Crippen molar-refractivity contribution in [3.05, 3.63) is 46.1 Å². The molecule has 4 rings (SSSR count). The maximum absolute atomic E-state index is 11.4. The van der Waals surface area contributed by atoms with Crippen LogP contribution in [0.25, 0.3) is 11.0 Å². The van der Waals surface area contributed by atoms with Gasteiger partial charge in [0.1, 0.15) is 17.2 Å². The van der Waals surface area contributed by atoms with Crippen LogP contribution in [-0.4, -0.2) is 9.36 Å². The maximum Gasteiger partial charge on any atom is 0.336 e. The van der Waals surface area contributed by atoms with Crippen LogP contribution in [0.5, 0.6) is 10.9 Å². The Labute approximate surface area is 124 Å². The lowest BCUT2D eigenvalue weighted by Crippen LogP contribution is -1.97. The van der Waals surface area contributed by atoms with E-state index in [9.17, 15) is 4.79 Å². The van der Waals surface area contributed by atoms with Gasteiger partial charge in [-0.3, -0.25) is 0 Å². The van der Waals surface area contributed by atoms with Gasteiger partial charge >= 0.3 is 5.63 Å². The van der Waals surface area contributed by atoms with Gasteiger partial charge in [0.15, 0.2) is 0 Å². The zero-order valence-corrected chi connectivity index (χ0v) is 12.1. The average molecular weight is 300 g/mol. The monoisotopic (exact) mass is 300 g/mol. The molecule has 1 aliphatic rings. The van der Waals surface area contributed by atoms with Crippen molar-refractivity contribution in [1.29, 1.82) is 0 Å². The smallest absolute Gasteiger partial charge is 0.336 e. The lowest BCUT2D eigenvalue weighted by Gasteiger charge is -2.04. The first-order valence-electron chi connectivity index (χ1n) is 6.75. The molecule has 1 aromatic carbocycles. The Bertz CT molecular complexity index is 880. The molecule has 0 radical (unpaired) electrons. The summed E-state index contributed by atoms with van der Waals surface area (Å²) in [4.78, 5) is 15.8. The quantitative estimate of drug-likeness (QED) is 0.691. The van der Waals surface area contributed by atoms with Crippen molar-refractivity contribution in [2.45, 2.75) is 25.7 Å². The summed E-state index contributed by atoms with van der Waals surface area (Å²) in [5.74, 6) is 1.98. The number of hydrogen-bond donors (Lipinski definition) is 0. The SMILES string of the molecule is Cc1cc(=O)oc2cc(Oc3nc(C4CC4)ns3)ccc12. The van der Waals surface area contributed by atoms with Crippen molar-refractivity contribution in [3.8, 4) is 10.9 Å². The first kappa shape index (κ1) is 12.5. The highest BCUT2D eigenvalue weighted by molar-refractivity contribution is 7.07. The van der Waals surface area contributed by atoms with Gasteiger partial charge in [-0.2, -0.15) is 9.36 Å². The van der Waals surface area contributed by atoms with Crippen LogP contribution in [0.3, 0.4) is 0 Å². The predicted octanol–water partition coefficient (Wildman–Crippen LogP) is 3.62. The number of fused-ring (bicyclic) bond motifs is 1. The van der Waals surface area contributed by atoms with Crippen molar-refractivity contribution in [1.82, 2.24) is 9.36 Å². The van der Waals surface area contributed by atoms with E-state index in [1.165, 1.54) is 17.6 Å². The van der Waals surface area contributed by atoms with Crippen LogP contribution in [0.1, 0.15) is 30.1 Å². The minimum absolute atomic E-state index is 0.357. The Hall–Kier alpha value is -2.21. The van der Waals surface area contributed by atoms with E-state index in [-0.39, 0.29) is 5.63 Å². The molecule has 0 saturated heterocycles. The summed E-state index contributed by atoms with van der Waals surface area (Å²) < 4.78 is 15.2. The summed E-state index contributed by atoms with van der Waals surface area (Å²) in [7, 11) is 0. The van der Waals surface area contributed by atoms with Gasteiger partial charge in [-0.15, -0.1) is 0 Å². The first-order chi connectivity index (χ1) is 10.2. The fourth-order valence-corrected chi connectivity index (χ4v) is 2.87. The molecule has 6 heteroatoms. The summed E-state index contributed by atoms with van der Waals surface area (Å²) in [6, 6.07) is 6.91. The average Bonchev–Trinajstić information content (AvgIpc) is 3.19. The van der Waals surface area contributed by atoms with Crippen molar-refractivity contribution in [2.75, 3.05) is 0 Å². The largest absolute Gasteiger partial charge is 0.430 e. The third-order valence-electron chi connectivity index (χ3n) is 3.49. The molecular weight excluding hydrogens is 288 g/mol. The fraction of sp³-hybridized carbons (Fsp3) is 0.267. The molecule has 106 valence electrons. The number of benzene rings is 1. The molecule has 21 heavy (non-hydrogen) atoms. The molecule has 0 unspecified atom stereocenters. The van der Waals surface area contributed by atoms with Crippen LogP contribution < -0.4 is 10.4 Å². The Balaban J connectivity index is 1.67. The highest BCUT2D eigenvalue weighted by Crippen LogP contribution is 2.40. The number of nitrogens with zero attached hydrogens (tertiary/aromatic N) is 2. The molecule has 0 aliphatic heterocycles. The van der Waals surface area contributed by atoms with Crippen molar-refractivity contribution in [2.24, 2.45) is 0 Å². The summed E-state index contributed by atoms with van der Waals surface area (Å²) in [5.41, 5.74) is 1.05. The van der Waals surface area contributed by atoms with E-state index < -0.39 is 0 Å². The predicted molar refractivity (Wildman–Crippen MR) is 79.2 cm³/mol. The standard InChI is InChI=1S/C15H12N2O3S/c1-8-6-13(18)20-12-7-10(4-5-11(8)12)19-15-16-14(17-21-15)9-2-3-9/h4-7,9H,2-3H2,1H3. The molecular formula is C15H12N2O3S. The molecule has 0 atom stereocenters. The lowest BCUT2D eigenvalue weighted by atomic mass is 10.1. The van der Waals surface area contributed by atoms with E-state index in [0.717, 1.165) is 29.6 Å². The minimum atomic E-state index is -0.357. The van der Waals surface area contributed by atoms with Crippen LogP contribution in [0.15, 0.2) is 33.5 Å². The van der Waals surface area contributed by atoms with Crippen LogP contribution in [-0.2, 0) is 0 Å². The number of hydrogen-bond acceptors (Lipinski definition) is 6. The molecule has 1 saturated carbocycles. The normalized spacial score (nSPS) is 14.5. The lowest BCUT2D eigenvalue weighted by molar-refractivity contribution is 0.475. The zero-order valence-electron chi connectivity index (χ0n) is 11.3. The molecule has 2 aromatic heterocycles. The second-order valence-electron chi connectivity index (χ2n) is 5.20. The van der Waals surface area contributed by atoms with Gasteiger partial charge in [0.2, 0.25) is 0 Å². The van der Waals surface area contributed by atoms with Gasteiger partial charge in [0, 0.05) is 35.0 Å². The first-order valence-corrected chi connectivity index (χ1v) is 7.52. The molecule has 3 aromatic rings. The van der Waals surface area contributed by atoms with Crippen molar-refractivity contribution >= 4 is 22.5 Å². The molecule has 1 aliphatic carbocycles. The fourth-order valence-electron chi connectivity index (χ4n) is 2.24. The topological polar surface area (TPSA) is 65.2 Å². The minimum Gasteiger partial charge on any atom is -0.430 e. The Morgan fingerprint density at radius 2 is 2.19 bits per heavy atom. The molecule has 0 N–H and O–H groups in total. The summed E-state index contributed by atoms with van der Waals surface area (Å²) in [6.45, 7) is 1.88. The highest BCUT2D eigenvalue weighted by atomic mass is 32.1. The molecule has 1 fully saturated rings. The highest BCUT2D eigenvalue weighted by Gasteiger charge is 2.28. The van der Waals surface area contributed by atoms with Crippen LogP contribution in [0.4, 0.5) is 0 Å². The zero-order chi connectivity index (χ0) is 14.4. The third kappa shape index (κ3) is 2.42. The van der Waals surface area contributed by atoms with Crippen LogP contribution in [0, 0.1) is 6.92 Å². The van der Waals surface area contributed by atoms with Crippen LogP contribution in [0.2, 0.25) is 0 Å². The molecule has 5 nitrogen and oxygen atoms in total. The van der Waals surface area contributed by atoms with E-state index in [0.29, 0.717) is 22.4 Å². The van der Waals surface area contributed by atoms with Gasteiger partial charge < -0.3 is 9.15 Å². The Morgan fingerprint density at radius 3 is 3.00 bits per heavy atom. The van der Waals surface area contributed by atoms with Gasteiger partial charge in [-0.25, -0.2) is 4.79 Å². The third-order valence-corrected chi connectivity index (χ3v) is 4.10. The summed E-state index contributed by atoms with van der Waals surface area (Å²) in [6.07, 6.45) is 2.33. The molecule has 0 spiro atoms. The summed E-state index contributed by atoms with van der Waals surface area (Å²) >= 11 is 1.25. The second kappa shape index (κ2) is 4.66. The Morgan fingerprint density at radius 1 is 1.33 bits per heavy atom. The van der Waals surface area contributed by atoms with E-state index in [2.05, 4.69) is 9.36 Å². The van der Waals surface area contributed by atoms with Gasteiger partial charge in [-0.1, -0.05) is 0 Å².